The van der Waals surface area contributed by atoms with Crippen molar-refractivity contribution in [3.8, 4) is 5.75 Å². The van der Waals surface area contributed by atoms with Crippen molar-refractivity contribution in [2.45, 2.75) is 26.2 Å². The summed E-state index contributed by atoms with van der Waals surface area (Å²) in [7, 11) is 1.87. The number of unbranched alkanes of at least 4 members (excludes halogenated alkanes) is 1. The van der Waals surface area contributed by atoms with Gasteiger partial charge in [-0.1, -0.05) is 13.3 Å². The van der Waals surface area contributed by atoms with E-state index in [-0.39, 0.29) is 5.75 Å². The fraction of sp³-hybridized carbons (Fsp3) is 0.357. The molecule has 0 bridgehead atoms. The summed E-state index contributed by atoms with van der Waals surface area (Å²) in [5, 5.41) is 19.5. The highest BCUT2D eigenvalue weighted by molar-refractivity contribution is 6.05. The van der Waals surface area contributed by atoms with Crippen molar-refractivity contribution < 1.29 is 15.0 Å². The number of carboxylic acid groups (broad SMARTS) is 1. The van der Waals surface area contributed by atoms with Crippen LogP contribution in [0.5, 0.6) is 5.75 Å². The predicted octanol–water partition coefficient (Wildman–Crippen LogP) is 2.92. The van der Waals surface area contributed by atoms with Crippen LogP contribution in [-0.4, -0.2) is 20.7 Å². The molecule has 0 saturated heterocycles. The average molecular weight is 247 g/mol. The summed E-state index contributed by atoms with van der Waals surface area (Å²) in [6.07, 6.45) is 2.71. The number of carboxylic acids is 1. The third kappa shape index (κ3) is 1.94. The van der Waals surface area contributed by atoms with Gasteiger partial charge in [-0.25, -0.2) is 4.79 Å². The van der Waals surface area contributed by atoms with Crippen molar-refractivity contribution >= 4 is 16.9 Å². The van der Waals surface area contributed by atoms with Crippen LogP contribution >= 0.6 is 0 Å². The highest BCUT2D eigenvalue weighted by Gasteiger charge is 2.20. The zero-order valence-corrected chi connectivity index (χ0v) is 10.6. The van der Waals surface area contributed by atoms with Crippen LogP contribution in [0.25, 0.3) is 10.9 Å². The Balaban J connectivity index is 2.71. The van der Waals surface area contributed by atoms with Crippen LogP contribution < -0.4 is 0 Å². The molecular formula is C14H17NO3. The Morgan fingerprint density at radius 2 is 2.11 bits per heavy atom. The number of benzene rings is 1. The minimum Gasteiger partial charge on any atom is -0.508 e. The van der Waals surface area contributed by atoms with Crippen molar-refractivity contribution in [2.24, 2.45) is 7.05 Å². The van der Waals surface area contributed by atoms with Crippen LogP contribution in [0, 0.1) is 0 Å². The lowest BCUT2D eigenvalue weighted by molar-refractivity contribution is 0.0697. The first-order valence-corrected chi connectivity index (χ1v) is 6.09. The van der Waals surface area contributed by atoms with Gasteiger partial charge in [-0.05, 0) is 31.0 Å². The molecule has 0 saturated carbocycles. The molecule has 1 heterocycles. The molecule has 0 atom stereocenters. The van der Waals surface area contributed by atoms with Crippen LogP contribution in [0.15, 0.2) is 18.2 Å². The number of hydrogen-bond donors (Lipinski definition) is 2. The van der Waals surface area contributed by atoms with E-state index < -0.39 is 5.97 Å². The molecule has 4 heteroatoms. The molecule has 96 valence electrons. The van der Waals surface area contributed by atoms with Gasteiger partial charge in [-0.2, -0.15) is 0 Å². The van der Waals surface area contributed by atoms with Crippen LogP contribution in [-0.2, 0) is 13.5 Å². The largest absolute Gasteiger partial charge is 0.508 e. The number of aromatic carboxylic acids is 1. The highest BCUT2D eigenvalue weighted by atomic mass is 16.4. The minimum absolute atomic E-state index is 0.0950. The van der Waals surface area contributed by atoms with Gasteiger partial charge in [0.25, 0.3) is 0 Å². The van der Waals surface area contributed by atoms with Gasteiger partial charge in [0.2, 0.25) is 0 Å². The normalized spacial score (nSPS) is 11.0. The number of aromatic hydroxyl groups is 1. The smallest absolute Gasteiger partial charge is 0.338 e. The molecular weight excluding hydrogens is 230 g/mol. The Labute approximate surface area is 105 Å². The van der Waals surface area contributed by atoms with Crippen LogP contribution in [0.4, 0.5) is 0 Å². The number of aryl methyl sites for hydroxylation is 1. The van der Waals surface area contributed by atoms with Gasteiger partial charge in [0.1, 0.15) is 5.75 Å². The number of rotatable bonds is 4. The topological polar surface area (TPSA) is 62.5 Å². The number of fused-ring (bicyclic) bond motifs is 1. The monoisotopic (exact) mass is 247 g/mol. The second kappa shape index (κ2) is 4.72. The first-order chi connectivity index (χ1) is 8.56. The fourth-order valence-corrected chi connectivity index (χ4v) is 2.36. The highest BCUT2D eigenvalue weighted by Crippen LogP contribution is 2.29. The first kappa shape index (κ1) is 12.5. The Morgan fingerprint density at radius 3 is 2.72 bits per heavy atom. The molecule has 2 rings (SSSR count). The molecule has 0 aliphatic carbocycles. The van der Waals surface area contributed by atoms with Gasteiger partial charge >= 0.3 is 5.97 Å². The average Bonchev–Trinajstić information content (AvgIpc) is 2.59. The standard InChI is InChI=1S/C14H17NO3/c1-3-4-5-12-13(14(17)18)10-8-9(16)6-7-11(10)15(12)2/h6-8,16H,3-5H2,1-2H3,(H,17,18). The summed E-state index contributed by atoms with van der Waals surface area (Å²) in [5.41, 5.74) is 1.98. The van der Waals surface area contributed by atoms with E-state index in [1.807, 2.05) is 11.6 Å². The Morgan fingerprint density at radius 1 is 1.39 bits per heavy atom. The molecule has 0 aliphatic rings. The van der Waals surface area contributed by atoms with E-state index in [4.69, 9.17) is 0 Å². The number of aromatic nitrogens is 1. The zero-order chi connectivity index (χ0) is 13.3. The lowest BCUT2D eigenvalue weighted by Crippen LogP contribution is -2.04. The van der Waals surface area contributed by atoms with Gasteiger partial charge < -0.3 is 14.8 Å². The number of hydrogen-bond acceptors (Lipinski definition) is 2. The maximum Gasteiger partial charge on any atom is 0.338 e. The fourth-order valence-electron chi connectivity index (χ4n) is 2.36. The molecule has 0 unspecified atom stereocenters. The SMILES string of the molecule is CCCCc1c(C(=O)O)c2cc(O)ccc2n1C. The molecule has 0 radical (unpaired) electrons. The number of carbonyl (C=O) groups is 1. The molecule has 18 heavy (non-hydrogen) atoms. The van der Waals surface area contributed by atoms with Crippen molar-refractivity contribution in [1.82, 2.24) is 4.57 Å². The van der Waals surface area contributed by atoms with Gasteiger partial charge in [0.15, 0.2) is 0 Å². The lowest BCUT2D eigenvalue weighted by atomic mass is 10.1. The quantitative estimate of drug-likeness (QED) is 0.873. The summed E-state index contributed by atoms with van der Waals surface area (Å²) in [6.45, 7) is 2.08. The van der Waals surface area contributed by atoms with E-state index in [0.29, 0.717) is 10.9 Å². The summed E-state index contributed by atoms with van der Waals surface area (Å²) >= 11 is 0. The lowest BCUT2D eigenvalue weighted by Gasteiger charge is -2.04. The van der Waals surface area contributed by atoms with E-state index in [2.05, 4.69) is 6.92 Å². The number of nitrogens with zero attached hydrogens (tertiary/aromatic N) is 1. The first-order valence-electron chi connectivity index (χ1n) is 6.09. The maximum absolute atomic E-state index is 11.4. The third-order valence-electron chi connectivity index (χ3n) is 3.29. The summed E-state index contributed by atoms with van der Waals surface area (Å²) in [6, 6.07) is 4.86. The minimum atomic E-state index is -0.933. The van der Waals surface area contributed by atoms with Crippen molar-refractivity contribution in [3.05, 3.63) is 29.5 Å². The molecule has 2 N–H and O–H groups in total. The summed E-state index contributed by atoms with van der Waals surface area (Å²) in [5.74, 6) is -0.838. The van der Waals surface area contributed by atoms with E-state index >= 15 is 0 Å². The van der Waals surface area contributed by atoms with Gasteiger partial charge in [0, 0.05) is 23.6 Å². The Kier molecular flexibility index (Phi) is 3.28. The zero-order valence-electron chi connectivity index (χ0n) is 10.6. The molecule has 0 aliphatic heterocycles. The number of phenols is 1. The van der Waals surface area contributed by atoms with E-state index in [0.717, 1.165) is 30.5 Å². The van der Waals surface area contributed by atoms with E-state index in [9.17, 15) is 15.0 Å². The second-order valence-electron chi connectivity index (χ2n) is 4.49. The maximum atomic E-state index is 11.4. The summed E-state index contributed by atoms with van der Waals surface area (Å²) < 4.78 is 1.91. The second-order valence-corrected chi connectivity index (χ2v) is 4.49. The molecule has 0 fully saturated rings. The molecule has 2 aromatic rings. The Bertz CT molecular complexity index is 599. The molecule has 1 aromatic carbocycles. The van der Waals surface area contributed by atoms with E-state index in [1.54, 1.807) is 12.1 Å². The van der Waals surface area contributed by atoms with Crippen LogP contribution in [0.2, 0.25) is 0 Å². The predicted molar refractivity (Wildman–Crippen MR) is 70.2 cm³/mol. The van der Waals surface area contributed by atoms with E-state index in [1.165, 1.54) is 6.07 Å². The molecule has 1 aromatic heterocycles. The van der Waals surface area contributed by atoms with Gasteiger partial charge in [-0.15, -0.1) is 0 Å². The summed E-state index contributed by atoms with van der Waals surface area (Å²) in [4.78, 5) is 11.4. The van der Waals surface area contributed by atoms with Gasteiger partial charge in [0.05, 0.1) is 5.56 Å². The van der Waals surface area contributed by atoms with Gasteiger partial charge in [-0.3, -0.25) is 0 Å². The number of phenolic OH excluding ortho intramolecular Hbond substituents is 1. The van der Waals surface area contributed by atoms with Crippen molar-refractivity contribution in [1.29, 1.82) is 0 Å². The molecule has 0 amide bonds. The van der Waals surface area contributed by atoms with Crippen LogP contribution in [0.3, 0.4) is 0 Å². The Hall–Kier alpha value is -1.97. The molecule has 4 nitrogen and oxygen atoms in total. The third-order valence-corrected chi connectivity index (χ3v) is 3.29. The van der Waals surface area contributed by atoms with Crippen molar-refractivity contribution in [3.63, 3.8) is 0 Å². The molecule has 0 spiro atoms. The van der Waals surface area contributed by atoms with Crippen molar-refractivity contribution in [2.75, 3.05) is 0 Å². The van der Waals surface area contributed by atoms with Crippen LogP contribution in [0.1, 0.15) is 35.8 Å².